The second-order valence-corrected chi connectivity index (χ2v) is 6.33. The Morgan fingerprint density at radius 3 is 2.41 bits per heavy atom. The SMILES string of the molecule is COc1cccc(N2CCN(CC(=O)NNC(=O)c3ccccc3)CC2)c1. The average molecular weight is 368 g/mol. The number of rotatable bonds is 5. The van der Waals surface area contributed by atoms with Crippen LogP contribution in [0.25, 0.3) is 0 Å². The van der Waals surface area contributed by atoms with Gasteiger partial charge in [-0.05, 0) is 24.3 Å². The van der Waals surface area contributed by atoms with Gasteiger partial charge in [0.2, 0.25) is 0 Å². The quantitative estimate of drug-likeness (QED) is 0.778. The van der Waals surface area contributed by atoms with Crippen molar-refractivity contribution in [1.29, 1.82) is 0 Å². The van der Waals surface area contributed by atoms with Crippen LogP contribution in [0.5, 0.6) is 5.75 Å². The minimum absolute atomic E-state index is 0.228. The van der Waals surface area contributed by atoms with E-state index in [9.17, 15) is 9.59 Å². The van der Waals surface area contributed by atoms with Gasteiger partial charge in [0.15, 0.2) is 0 Å². The highest BCUT2D eigenvalue weighted by Crippen LogP contribution is 2.21. The Bertz CT molecular complexity index is 774. The molecule has 1 heterocycles. The first-order chi connectivity index (χ1) is 13.2. The van der Waals surface area contributed by atoms with Crippen LogP contribution in [0.3, 0.4) is 0 Å². The second-order valence-electron chi connectivity index (χ2n) is 6.33. The van der Waals surface area contributed by atoms with Gasteiger partial charge in [-0.1, -0.05) is 24.3 Å². The molecule has 7 heteroatoms. The molecule has 1 aliphatic rings. The summed E-state index contributed by atoms with van der Waals surface area (Å²) >= 11 is 0. The Balaban J connectivity index is 1.42. The minimum Gasteiger partial charge on any atom is -0.497 e. The number of hydrazine groups is 1. The van der Waals surface area contributed by atoms with Gasteiger partial charge >= 0.3 is 0 Å². The third kappa shape index (κ3) is 5.21. The third-order valence-corrected chi connectivity index (χ3v) is 4.51. The first-order valence-corrected chi connectivity index (χ1v) is 8.91. The zero-order valence-corrected chi connectivity index (χ0v) is 15.4. The molecule has 0 aliphatic carbocycles. The van der Waals surface area contributed by atoms with Crippen LogP contribution >= 0.6 is 0 Å². The van der Waals surface area contributed by atoms with E-state index in [4.69, 9.17) is 4.74 Å². The summed E-state index contributed by atoms with van der Waals surface area (Å²) in [6.07, 6.45) is 0. The van der Waals surface area contributed by atoms with Crippen molar-refractivity contribution in [2.75, 3.05) is 44.7 Å². The number of nitrogens with one attached hydrogen (secondary N) is 2. The van der Waals surface area contributed by atoms with Gasteiger partial charge in [0.05, 0.1) is 13.7 Å². The zero-order chi connectivity index (χ0) is 19.1. The summed E-state index contributed by atoms with van der Waals surface area (Å²) in [6, 6.07) is 16.7. The summed E-state index contributed by atoms with van der Waals surface area (Å²) < 4.78 is 5.27. The Morgan fingerprint density at radius 1 is 0.963 bits per heavy atom. The van der Waals surface area contributed by atoms with E-state index in [1.807, 2.05) is 24.3 Å². The molecule has 1 saturated heterocycles. The monoisotopic (exact) mass is 368 g/mol. The van der Waals surface area contributed by atoms with Gasteiger partial charge in [0, 0.05) is 43.5 Å². The van der Waals surface area contributed by atoms with Crippen molar-refractivity contribution in [3.63, 3.8) is 0 Å². The second kappa shape index (κ2) is 9.05. The van der Waals surface area contributed by atoms with Crippen LogP contribution < -0.4 is 20.5 Å². The molecule has 0 unspecified atom stereocenters. The molecule has 2 aromatic carbocycles. The molecular weight excluding hydrogens is 344 g/mol. The number of amides is 2. The van der Waals surface area contributed by atoms with Crippen molar-refractivity contribution >= 4 is 17.5 Å². The number of anilines is 1. The maximum atomic E-state index is 12.1. The number of ether oxygens (including phenoxy) is 1. The number of hydrogen-bond donors (Lipinski definition) is 2. The maximum Gasteiger partial charge on any atom is 0.269 e. The fraction of sp³-hybridized carbons (Fsp3) is 0.300. The number of hydrogen-bond acceptors (Lipinski definition) is 5. The molecule has 2 N–H and O–H groups in total. The molecule has 142 valence electrons. The van der Waals surface area contributed by atoms with E-state index in [0.29, 0.717) is 5.56 Å². The Labute approximate surface area is 158 Å². The van der Waals surface area contributed by atoms with Gasteiger partial charge in [-0.3, -0.25) is 25.3 Å². The van der Waals surface area contributed by atoms with Crippen LogP contribution in [0.2, 0.25) is 0 Å². The number of piperazine rings is 1. The average Bonchev–Trinajstić information content (AvgIpc) is 2.73. The number of nitrogens with zero attached hydrogens (tertiary/aromatic N) is 2. The molecule has 0 radical (unpaired) electrons. The molecule has 0 saturated carbocycles. The van der Waals surface area contributed by atoms with Crippen LogP contribution in [0, 0.1) is 0 Å². The van der Waals surface area contributed by atoms with E-state index in [1.54, 1.807) is 31.4 Å². The lowest BCUT2D eigenvalue weighted by molar-refractivity contribution is -0.123. The van der Waals surface area contributed by atoms with Gasteiger partial charge in [-0.25, -0.2) is 0 Å². The highest BCUT2D eigenvalue weighted by atomic mass is 16.5. The van der Waals surface area contributed by atoms with Gasteiger partial charge in [-0.15, -0.1) is 0 Å². The summed E-state index contributed by atoms with van der Waals surface area (Å²) in [4.78, 5) is 28.4. The van der Waals surface area contributed by atoms with Gasteiger partial charge in [0.1, 0.15) is 5.75 Å². The summed E-state index contributed by atoms with van der Waals surface area (Å²) in [5, 5.41) is 0. The van der Waals surface area contributed by atoms with Crippen molar-refractivity contribution in [2.45, 2.75) is 0 Å². The maximum absolute atomic E-state index is 12.1. The van der Waals surface area contributed by atoms with Crippen LogP contribution in [0.1, 0.15) is 10.4 Å². The van der Waals surface area contributed by atoms with Gasteiger partial charge < -0.3 is 9.64 Å². The summed E-state index contributed by atoms with van der Waals surface area (Å²) in [6.45, 7) is 3.46. The molecule has 3 rings (SSSR count). The molecule has 1 aliphatic heterocycles. The highest BCUT2D eigenvalue weighted by Gasteiger charge is 2.19. The summed E-state index contributed by atoms with van der Waals surface area (Å²) in [5.41, 5.74) is 6.55. The number of carbonyl (C=O) groups is 2. The van der Waals surface area contributed by atoms with Crippen molar-refractivity contribution in [3.05, 3.63) is 60.2 Å². The van der Waals surface area contributed by atoms with Crippen molar-refractivity contribution in [3.8, 4) is 5.75 Å². The molecule has 0 atom stereocenters. The Morgan fingerprint density at radius 2 is 1.70 bits per heavy atom. The predicted octanol–water partition coefficient (Wildman–Crippen LogP) is 1.28. The third-order valence-electron chi connectivity index (χ3n) is 4.51. The first kappa shape index (κ1) is 18.7. The van der Waals surface area contributed by atoms with Crippen molar-refractivity contribution in [2.24, 2.45) is 0 Å². The summed E-state index contributed by atoms with van der Waals surface area (Å²) in [5.74, 6) is 0.282. The first-order valence-electron chi connectivity index (χ1n) is 8.91. The van der Waals surface area contributed by atoms with E-state index >= 15 is 0 Å². The van der Waals surface area contributed by atoms with Gasteiger partial charge in [0.25, 0.3) is 11.8 Å². The molecule has 0 bridgehead atoms. The molecular formula is C20H24N4O3. The van der Waals surface area contributed by atoms with E-state index < -0.39 is 0 Å². The lowest BCUT2D eigenvalue weighted by atomic mass is 10.2. The molecule has 27 heavy (non-hydrogen) atoms. The summed E-state index contributed by atoms with van der Waals surface area (Å²) in [7, 11) is 1.66. The lowest BCUT2D eigenvalue weighted by Gasteiger charge is -2.35. The molecule has 7 nitrogen and oxygen atoms in total. The van der Waals surface area contributed by atoms with Crippen LogP contribution in [-0.2, 0) is 4.79 Å². The van der Waals surface area contributed by atoms with E-state index in [0.717, 1.165) is 37.6 Å². The molecule has 0 spiro atoms. The molecule has 0 aromatic heterocycles. The highest BCUT2D eigenvalue weighted by molar-refractivity contribution is 5.95. The fourth-order valence-electron chi connectivity index (χ4n) is 3.00. The van der Waals surface area contributed by atoms with E-state index in [-0.39, 0.29) is 18.4 Å². The topological polar surface area (TPSA) is 73.9 Å². The Hall–Kier alpha value is -3.06. The zero-order valence-electron chi connectivity index (χ0n) is 15.4. The normalized spacial score (nSPS) is 14.5. The predicted molar refractivity (Wildman–Crippen MR) is 104 cm³/mol. The molecule has 2 amide bonds. The number of methoxy groups -OCH3 is 1. The van der Waals surface area contributed by atoms with E-state index in [2.05, 4.69) is 26.7 Å². The standard InChI is InChI=1S/C20H24N4O3/c1-27-18-9-5-8-17(14-18)24-12-10-23(11-13-24)15-19(25)21-22-20(26)16-6-3-2-4-7-16/h2-9,14H,10-13,15H2,1H3,(H,21,25)(H,22,26). The van der Waals surface area contributed by atoms with Crippen molar-refractivity contribution in [1.82, 2.24) is 15.8 Å². The van der Waals surface area contributed by atoms with Crippen LogP contribution in [0.4, 0.5) is 5.69 Å². The van der Waals surface area contributed by atoms with Crippen LogP contribution in [0.15, 0.2) is 54.6 Å². The molecule has 1 fully saturated rings. The molecule has 2 aromatic rings. The smallest absolute Gasteiger partial charge is 0.269 e. The van der Waals surface area contributed by atoms with Crippen LogP contribution in [-0.4, -0.2) is 56.5 Å². The largest absolute Gasteiger partial charge is 0.497 e. The van der Waals surface area contributed by atoms with Gasteiger partial charge in [-0.2, -0.15) is 0 Å². The fourth-order valence-corrected chi connectivity index (χ4v) is 3.00. The van der Waals surface area contributed by atoms with Crippen molar-refractivity contribution < 1.29 is 14.3 Å². The number of carbonyl (C=O) groups excluding carboxylic acids is 2. The van der Waals surface area contributed by atoms with E-state index in [1.165, 1.54) is 0 Å². The minimum atomic E-state index is -0.327. The lowest BCUT2D eigenvalue weighted by Crippen LogP contribution is -2.52. The number of benzene rings is 2. The Kier molecular flexibility index (Phi) is 6.27.